The molecule has 96 valence electrons. The average Bonchev–Trinajstić information content (AvgIpc) is 2.15. The van der Waals surface area contributed by atoms with Crippen LogP contribution in [0.4, 0.5) is 11.4 Å². The number of nitrogens with two attached hydrogens (primary N) is 2. The van der Waals surface area contributed by atoms with Crippen molar-refractivity contribution in [3.63, 3.8) is 0 Å². The van der Waals surface area contributed by atoms with E-state index >= 15 is 0 Å². The van der Waals surface area contributed by atoms with Crippen molar-refractivity contribution in [2.24, 2.45) is 5.14 Å². The first-order valence-corrected chi connectivity index (χ1v) is 7.00. The van der Waals surface area contributed by atoms with Crippen LogP contribution in [-0.4, -0.2) is 21.0 Å². The zero-order valence-corrected chi connectivity index (χ0v) is 11.2. The van der Waals surface area contributed by atoms with Gasteiger partial charge < -0.3 is 10.6 Å². The minimum Gasteiger partial charge on any atom is -0.399 e. The molecule has 5 nitrogen and oxygen atoms in total. The molecule has 17 heavy (non-hydrogen) atoms. The summed E-state index contributed by atoms with van der Waals surface area (Å²) in [6, 6.07) is 4.93. The van der Waals surface area contributed by atoms with Crippen LogP contribution in [0.3, 0.4) is 0 Å². The molecule has 0 aliphatic carbocycles. The maximum Gasteiger partial charge on any atom is 0.238 e. The molecule has 0 fully saturated rings. The summed E-state index contributed by atoms with van der Waals surface area (Å²) >= 11 is 0. The van der Waals surface area contributed by atoms with E-state index in [1.54, 1.807) is 12.1 Å². The number of anilines is 2. The van der Waals surface area contributed by atoms with Crippen LogP contribution >= 0.6 is 0 Å². The number of primary sulfonamides is 1. The van der Waals surface area contributed by atoms with Gasteiger partial charge in [0.15, 0.2) is 0 Å². The molecule has 1 rings (SSSR count). The molecule has 4 N–H and O–H groups in total. The fourth-order valence-electron chi connectivity index (χ4n) is 1.78. The van der Waals surface area contributed by atoms with Crippen molar-refractivity contribution in [3.8, 4) is 0 Å². The molecule has 1 aromatic carbocycles. The summed E-state index contributed by atoms with van der Waals surface area (Å²) in [5.41, 5.74) is 6.87. The molecular weight excluding hydrogens is 238 g/mol. The van der Waals surface area contributed by atoms with E-state index in [0.717, 1.165) is 12.2 Å². The minimum atomic E-state index is -3.72. The molecule has 0 aromatic heterocycles. The Morgan fingerprint density at radius 3 is 2.29 bits per heavy atom. The molecule has 0 radical (unpaired) electrons. The highest BCUT2D eigenvalue weighted by molar-refractivity contribution is 7.89. The molecular formula is C11H19N3O2S. The summed E-state index contributed by atoms with van der Waals surface area (Å²) < 4.78 is 22.6. The highest BCUT2D eigenvalue weighted by atomic mass is 32.2. The monoisotopic (exact) mass is 257 g/mol. The molecule has 0 amide bonds. The number of hydrogen-bond donors (Lipinski definition) is 2. The maximum atomic E-state index is 11.3. The van der Waals surface area contributed by atoms with E-state index in [1.807, 2.05) is 25.7 Å². The van der Waals surface area contributed by atoms with Gasteiger partial charge >= 0.3 is 0 Å². The van der Waals surface area contributed by atoms with Crippen LogP contribution in [0.25, 0.3) is 0 Å². The van der Waals surface area contributed by atoms with Crippen molar-refractivity contribution >= 4 is 21.4 Å². The maximum absolute atomic E-state index is 11.3. The predicted octanol–water partition coefficient (Wildman–Crippen LogP) is 1.15. The predicted molar refractivity (Wildman–Crippen MR) is 70.4 cm³/mol. The molecule has 0 unspecified atom stereocenters. The lowest BCUT2D eigenvalue weighted by Gasteiger charge is -2.28. The third-order valence-electron chi connectivity index (χ3n) is 2.54. The second kappa shape index (κ2) is 4.93. The smallest absolute Gasteiger partial charge is 0.238 e. The van der Waals surface area contributed by atoms with E-state index in [0.29, 0.717) is 5.69 Å². The van der Waals surface area contributed by atoms with Crippen LogP contribution in [-0.2, 0) is 10.0 Å². The van der Waals surface area contributed by atoms with Gasteiger partial charge in [-0.2, -0.15) is 0 Å². The van der Waals surface area contributed by atoms with E-state index in [-0.39, 0.29) is 10.9 Å². The first-order valence-electron chi connectivity index (χ1n) is 5.45. The van der Waals surface area contributed by atoms with E-state index in [2.05, 4.69) is 0 Å². The summed E-state index contributed by atoms with van der Waals surface area (Å²) in [5.74, 6) is 0. The SMILES string of the molecule is CCN(c1cc(N)cc(S(N)(=O)=O)c1)C(C)C. The summed E-state index contributed by atoms with van der Waals surface area (Å²) in [7, 11) is -3.72. The molecule has 0 atom stereocenters. The Bertz CT molecular complexity index is 497. The number of hydrogen-bond acceptors (Lipinski definition) is 4. The van der Waals surface area contributed by atoms with Crippen molar-refractivity contribution in [2.75, 3.05) is 17.2 Å². The van der Waals surface area contributed by atoms with Gasteiger partial charge in [0, 0.05) is 24.0 Å². The first-order chi connectivity index (χ1) is 7.75. The number of sulfonamides is 1. The van der Waals surface area contributed by atoms with Crippen molar-refractivity contribution in [1.82, 2.24) is 0 Å². The van der Waals surface area contributed by atoms with Crippen LogP contribution in [0.15, 0.2) is 23.1 Å². The molecule has 0 heterocycles. The second-order valence-corrected chi connectivity index (χ2v) is 5.75. The first kappa shape index (κ1) is 13.8. The normalized spacial score (nSPS) is 11.8. The topological polar surface area (TPSA) is 89.4 Å². The average molecular weight is 257 g/mol. The Morgan fingerprint density at radius 1 is 1.29 bits per heavy atom. The van der Waals surface area contributed by atoms with Gasteiger partial charge in [0.1, 0.15) is 0 Å². The Morgan fingerprint density at radius 2 is 1.88 bits per heavy atom. The summed E-state index contributed by atoms with van der Waals surface area (Å²) in [4.78, 5) is 2.09. The Balaban J connectivity index is 3.31. The number of benzene rings is 1. The lowest BCUT2D eigenvalue weighted by atomic mass is 10.2. The molecule has 0 saturated heterocycles. The summed E-state index contributed by atoms with van der Waals surface area (Å²) in [5, 5.41) is 5.11. The van der Waals surface area contributed by atoms with Gasteiger partial charge in [-0.3, -0.25) is 0 Å². The molecule has 0 aliphatic heterocycles. The van der Waals surface area contributed by atoms with Gasteiger partial charge in [-0.25, -0.2) is 13.6 Å². The van der Waals surface area contributed by atoms with E-state index in [9.17, 15) is 8.42 Å². The molecule has 0 spiro atoms. The third kappa shape index (κ3) is 3.34. The Hall–Kier alpha value is -1.27. The third-order valence-corrected chi connectivity index (χ3v) is 3.43. The van der Waals surface area contributed by atoms with Crippen LogP contribution in [0, 0.1) is 0 Å². The van der Waals surface area contributed by atoms with Gasteiger partial charge in [-0.1, -0.05) is 0 Å². The summed E-state index contributed by atoms with van der Waals surface area (Å²) in [6.45, 7) is 6.83. The molecule has 0 bridgehead atoms. The largest absolute Gasteiger partial charge is 0.399 e. The van der Waals surface area contributed by atoms with Gasteiger partial charge in [0.25, 0.3) is 0 Å². The van der Waals surface area contributed by atoms with Gasteiger partial charge in [0.2, 0.25) is 10.0 Å². The summed E-state index contributed by atoms with van der Waals surface area (Å²) in [6.07, 6.45) is 0. The zero-order valence-electron chi connectivity index (χ0n) is 10.3. The highest BCUT2D eigenvalue weighted by Crippen LogP contribution is 2.24. The molecule has 0 aliphatic rings. The zero-order chi connectivity index (χ0) is 13.2. The molecule has 6 heteroatoms. The number of nitrogen functional groups attached to an aromatic ring is 1. The van der Waals surface area contributed by atoms with Gasteiger partial charge in [0.05, 0.1) is 4.90 Å². The lowest BCUT2D eigenvalue weighted by Crippen LogP contribution is -2.30. The van der Waals surface area contributed by atoms with Crippen LogP contribution < -0.4 is 15.8 Å². The second-order valence-electron chi connectivity index (χ2n) is 4.19. The van der Waals surface area contributed by atoms with Crippen LogP contribution in [0.1, 0.15) is 20.8 Å². The van der Waals surface area contributed by atoms with Crippen LogP contribution in [0.5, 0.6) is 0 Å². The minimum absolute atomic E-state index is 0.0478. The fourth-order valence-corrected chi connectivity index (χ4v) is 2.37. The molecule has 1 aromatic rings. The fraction of sp³-hybridized carbons (Fsp3) is 0.455. The quantitative estimate of drug-likeness (QED) is 0.792. The van der Waals surface area contributed by atoms with Crippen LogP contribution in [0.2, 0.25) is 0 Å². The number of nitrogens with zero attached hydrogens (tertiary/aromatic N) is 1. The van der Waals surface area contributed by atoms with E-state index in [1.165, 1.54) is 6.07 Å². The van der Waals surface area contributed by atoms with Gasteiger partial charge in [-0.15, -0.1) is 0 Å². The Kier molecular flexibility index (Phi) is 4.00. The lowest BCUT2D eigenvalue weighted by molar-refractivity contribution is 0.597. The molecule has 0 saturated carbocycles. The van der Waals surface area contributed by atoms with E-state index in [4.69, 9.17) is 10.9 Å². The van der Waals surface area contributed by atoms with Gasteiger partial charge in [-0.05, 0) is 39.0 Å². The van der Waals surface area contributed by atoms with E-state index < -0.39 is 10.0 Å². The van der Waals surface area contributed by atoms with Crippen molar-refractivity contribution in [2.45, 2.75) is 31.7 Å². The highest BCUT2D eigenvalue weighted by Gasteiger charge is 2.14. The van der Waals surface area contributed by atoms with Crippen molar-refractivity contribution in [1.29, 1.82) is 0 Å². The van der Waals surface area contributed by atoms with Crippen molar-refractivity contribution in [3.05, 3.63) is 18.2 Å². The standard InChI is InChI=1S/C11H19N3O2S/c1-4-14(8(2)3)10-5-9(12)6-11(7-10)17(13,15)16/h5-8H,4,12H2,1-3H3,(H2,13,15,16). The van der Waals surface area contributed by atoms with Crippen molar-refractivity contribution < 1.29 is 8.42 Å². The number of rotatable bonds is 4. The Labute approximate surface area is 102 Å².